The van der Waals surface area contributed by atoms with Gasteiger partial charge in [-0.05, 0) is 17.7 Å². The van der Waals surface area contributed by atoms with Crippen molar-refractivity contribution in [3.05, 3.63) is 0 Å². The normalized spacial score (nSPS) is 15.0. The molecule has 0 heterocycles. The second-order valence-electron chi connectivity index (χ2n) is 4.13. The topological polar surface area (TPSA) is 0 Å². The summed E-state index contributed by atoms with van der Waals surface area (Å²) in [5.41, 5.74) is 0.974. The maximum atomic E-state index is 4.25. The first kappa shape index (κ1) is 11.6. The van der Waals surface area contributed by atoms with Crippen molar-refractivity contribution in [2.24, 2.45) is 0 Å². The molecule has 0 nitrogen and oxygen atoms in total. The van der Waals surface area contributed by atoms with Crippen molar-refractivity contribution >= 4 is 20.7 Å². The Hall–Kier alpha value is 0.567. The standard InChI is InChI=1S/C9H22SSi/c1-5-9(2)11(3,4)8-6-7-10/h9-10H,5-8H2,1-4H3/t9-/m0/s1. The molecule has 0 bridgehead atoms. The molecule has 0 aromatic carbocycles. The summed E-state index contributed by atoms with van der Waals surface area (Å²) in [5.74, 6) is 1.06. The first-order valence-electron chi connectivity index (χ1n) is 4.65. The molecule has 2 heteroatoms. The van der Waals surface area contributed by atoms with E-state index >= 15 is 0 Å². The average Bonchev–Trinajstić information content (AvgIpc) is 1.99. The van der Waals surface area contributed by atoms with E-state index in [0.717, 1.165) is 11.3 Å². The molecule has 0 radical (unpaired) electrons. The summed E-state index contributed by atoms with van der Waals surface area (Å²) in [5, 5.41) is 0. The second-order valence-corrected chi connectivity index (χ2v) is 10.0. The van der Waals surface area contributed by atoms with E-state index in [4.69, 9.17) is 0 Å². The smallest absolute Gasteiger partial charge is 0.0502 e. The zero-order chi connectivity index (χ0) is 8.91. The maximum absolute atomic E-state index is 4.25. The van der Waals surface area contributed by atoms with E-state index in [-0.39, 0.29) is 0 Å². The van der Waals surface area contributed by atoms with Gasteiger partial charge >= 0.3 is 0 Å². The van der Waals surface area contributed by atoms with Crippen molar-refractivity contribution in [2.45, 2.75) is 51.4 Å². The summed E-state index contributed by atoms with van der Waals surface area (Å²) < 4.78 is 0. The molecule has 11 heavy (non-hydrogen) atoms. The van der Waals surface area contributed by atoms with Gasteiger partial charge in [-0.15, -0.1) is 0 Å². The minimum atomic E-state index is -0.877. The largest absolute Gasteiger partial charge is 0.179 e. The fourth-order valence-corrected chi connectivity index (χ4v) is 4.48. The van der Waals surface area contributed by atoms with Gasteiger partial charge < -0.3 is 0 Å². The molecule has 0 rings (SSSR count). The molecule has 0 aromatic rings. The summed E-state index contributed by atoms with van der Waals surface area (Å²) in [6.07, 6.45) is 2.67. The Morgan fingerprint density at radius 1 is 1.36 bits per heavy atom. The second kappa shape index (κ2) is 5.25. The van der Waals surface area contributed by atoms with Crippen LogP contribution in [-0.4, -0.2) is 13.8 Å². The third-order valence-electron chi connectivity index (χ3n) is 2.93. The molecular formula is C9H22SSi. The summed E-state index contributed by atoms with van der Waals surface area (Å²) in [6.45, 7) is 9.72. The van der Waals surface area contributed by atoms with Crippen molar-refractivity contribution < 1.29 is 0 Å². The van der Waals surface area contributed by atoms with Gasteiger partial charge in [-0.2, -0.15) is 12.6 Å². The van der Waals surface area contributed by atoms with Gasteiger partial charge in [-0.1, -0.05) is 39.4 Å². The minimum absolute atomic E-state index is 0.877. The van der Waals surface area contributed by atoms with E-state index in [9.17, 15) is 0 Å². The Morgan fingerprint density at radius 3 is 2.27 bits per heavy atom. The van der Waals surface area contributed by atoms with E-state index in [0.29, 0.717) is 0 Å². The highest BCUT2D eigenvalue weighted by molar-refractivity contribution is 7.80. The maximum Gasteiger partial charge on any atom is 0.0502 e. The Kier molecular flexibility index (Phi) is 5.53. The van der Waals surface area contributed by atoms with E-state index in [1.807, 2.05) is 0 Å². The molecule has 0 unspecified atom stereocenters. The lowest BCUT2D eigenvalue weighted by atomic mass is 10.4. The number of rotatable bonds is 5. The lowest BCUT2D eigenvalue weighted by Gasteiger charge is -2.28. The third kappa shape index (κ3) is 4.21. The van der Waals surface area contributed by atoms with Crippen molar-refractivity contribution in [2.75, 3.05) is 5.75 Å². The summed E-state index contributed by atoms with van der Waals surface area (Å²) in [4.78, 5) is 0. The third-order valence-corrected chi connectivity index (χ3v) is 7.96. The first-order valence-corrected chi connectivity index (χ1v) is 8.57. The molecule has 1 atom stereocenters. The molecule has 0 saturated carbocycles. The Labute approximate surface area is 78.2 Å². The fourth-order valence-electron chi connectivity index (χ4n) is 1.33. The average molecular weight is 190 g/mol. The molecular weight excluding hydrogens is 168 g/mol. The molecule has 0 aliphatic carbocycles. The predicted molar refractivity (Wildman–Crippen MR) is 60.5 cm³/mol. The Balaban J connectivity index is 3.77. The number of hydrogen-bond donors (Lipinski definition) is 1. The molecule has 68 valence electrons. The summed E-state index contributed by atoms with van der Waals surface area (Å²) >= 11 is 4.25. The monoisotopic (exact) mass is 190 g/mol. The molecule has 0 N–H and O–H groups in total. The van der Waals surface area contributed by atoms with Gasteiger partial charge in [-0.25, -0.2) is 0 Å². The quantitative estimate of drug-likeness (QED) is 0.494. The number of thiol groups is 1. The predicted octanol–water partition coefficient (Wildman–Crippen LogP) is 3.81. The van der Waals surface area contributed by atoms with Crippen LogP contribution < -0.4 is 0 Å². The van der Waals surface area contributed by atoms with E-state index in [1.165, 1.54) is 18.9 Å². The van der Waals surface area contributed by atoms with Crippen LogP contribution in [0, 0.1) is 0 Å². The van der Waals surface area contributed by atoms with Crippen LogP contribution in [0.2, 0.25) is 24.7 Å². The highest BCUT2D eigenvalue weighted by Gasteiger charge is 2.25. The van der Waals surface area contributed by atoms with Crippen molar-refractivity contribution in [1.82, 2.24) is 0 Å². The SMILES string of the molecule is CC[C@H](C)[Si](C)(C)CCCS. The van der Waals surface area contributed by atoms with Gasteiger partial charge in [-0.3, -0.25) is 0 Å². The lowest BCUT2D eigenvalue weighted by Crippen LogP contribution is -2.30. The fraction of sp³-hybridized carbons (Fsp3) is 1.00. The van der Waals surface area contributed by atoms with Gasteiger partial charge in [0.15, 0.2) is 0 Å². The van der Waals surface area contributed by atoms with Crippen molar-refractivity contribution in [3.63, 3.8) is 0 Å². The number of hydrogen-bond acceptors (Lipinski definition) is 1. The van der Waals surface area contributed by atoms with Gasteiger partial charge in [0.25, 0.3) is 0 Å². The lowest BCUT2D eigenvalue weighted by molar-refractivity contribution is 0.824. The zero-order valence-corrected chi connectivity index (χ0v) is 10.2. The Morgan fingerprint density at radius 2 is 1.91 bits per heavy atom. The van der Waals surface area contributed by atoms with Crippen LogP contribution in [0.3, 0.4) is 0 Å². The molecule has 0 aliphatic rings. The Bertz CT molecular complexity index is 102. The van der Waals surface area contributed by atoms with Gasteiger partial charge in [0.1, 0.15) is 0 Å². The van der Waals surface area contributed by atoms with Gasteiger partial charge in [0.2, 0.25) is 0 Å². The van der Waals surface area contributed by atoms with Crippen LogP contribution in [0.15, 0.2) is 0 Å². The first-order chi connectivity index (χ1) is 5.04. The summed E-state index contributed by atoms with van der Waals surface area (Å²) in [6, 6.07) is 1.45. The minimum Gasteiger partial charge on any atom is -0.179 e. The molecule has 0 fully saturated rings. The van der Waals surface area contributed by atoms with Crippen molar-refractivity contribution in [3.8, 4) is 0 Å². The molecule has 0 amide bonds. The highest BCUT2D eigenvalue weighted by atomic mass is 32.1. The van der Waals surface area contributed by atoms with Gasteiger partial charge in [0.05, 0.1) is 8.07 Å². The van der Waals surface area contributed by atoms with Crippen LogP contribution in [0.1, 0.15) is 26.7 Å². The van der Waals surface area contributed by atoms with Gasteiger partial charge in [0, 0.05) is 0 Å². The zero-order valence-electron chi connectivity index (χ0n) is 8.35. The molecule has 0 aromatic heterocycles. The highest BCUT2D eigenvalue weighted by Crippen LogP contribution is 2.29. The van der Waals surface area contributed by atoms with Crippen LogP contribution >= 0.6 is 12.6 Å². The van der Waals surface area contributed by atoms with Crippen LogP contribution in [0.25, 0.3) is 0 Å². The molecule has 0 aliphatic heterocycles. The van der Waals surface area contributed by atoms with Crippen molar-refractivity contribution in [1.29, 1.82) is 0 Å². The van der Waals surface area contributed by atoms with E-state index in [1.54, 1.807) is 0 Å². The van der Waals surface area contributed by atoms with E-state index in [2.05, 4.69) is 39.6 Å². The molecule has 0 saturated heterocycles. The molecule has 0 spiro atoms. The summed E-state index contributed by atoms with van der Waals surface area (Å²) in [7, 11) is -0.877. The van der Waals surface area contributed by atoms with Crippen LogP contribution in [0.5, 0.6) is 0 Å². The van der Waals surface area contributed by atoms with E-state index < -0.39 is 8.07 Å². The van der Waals surface area contributed by atoms with Crippen LogP contribution in [-0.2, 0) is 0 Å². The van der Waals surface area contributed by atoms with Crippen LogP contribution in [0.4, 0.5) is 0 Å².